The number of benzene rings is 1. The standard InChI is InChI=1S/C7H8O2.Au/c1-9-7-5-3-2-4-6(7)8;/h2-5,8H,1H3;. The van der Waals surface area contributed by atoms with E-state index in [1.807, 2.05) is 0 Å². The number of hydrogen-bond donors (Lipinski definition) is 1. The fourth-order valence-electron chi connectivity index (χ4n) is 0.630. The number of aromatic hydroxyl groups is 1. The van der Waals surface area contributed by atoms with Crippen molar-refractivity contribution >= 4 is 0 Å². The van der Waals surface area contributed by atoms with Gasteiger partial charge in [-0.1, -0.05) is 12.1 Å². The van der Waals surface area contributed by atoms with Gasteiger partial charge in [0, 0.05) is 22.4 Å². The van der Waals surface area contributed by atoms with E-state index in [9.17, 15) is 0 Å². The van der Waals surface area contributed by atoms with E-state index in [4.69, 9.17) is 9.84 Å². The maximum absolute atomic E-state index is 8.99. The fraction of sp³-hybridized carbons (Fsp3) is 0.143. The molecule has 0 aromatic heterocycles. The molecule has 1 aromatic carbocycles. The van der Waals surface area contributed by atoms with Crippen LogP contribution in [-0.2, 0) is 22.4 Å². The van der Waals surface area contributed by atoms with E-state index in [2.05, 4.69) is 0 Å². The minimum absolute atomic E-state index is 0. The van der Waals surface area contributed by atoms with Gasteiger partial charge in [-0.3, -0.25) is 0 Å². The Morgan fingerprint density at radius 2 is 1.90 bits per heavy atom. The van der Waals surface area contributed by atoms with Crippen LogP contribution in [0.4, 0.5) is 0 Å². The number of phenols is 1. The molecule has 0 saturated carbocycles. The SMILES string of the molecule is COc1ccccc1O.[Au]. The molecule has 2 nitrogen and oxygen atoms in total. The zero-order valence-electron chi connectivity index (χ0n) is 5.47. The Labute approximate surface area is 75.3 Å². The molecule has 0 bridgehead atoms. The Bertz CT molecular complexity index is 201. The number of ether oxygens (including phenoxy) is 1. The quantitative estimate of drug-likeness (QED) is 0.793. The van der Waals surface area contributed by atoms with Crippen molar-refractivity contribution in [3.8, 4) is 11.5 Å². The molecule has 0 spiro atoms. The predicted molar refractivity (Wildman–Crippen MR) is 34.7 cm³/mol. The second-order valence-electron chi connectivity index (χ2n) is 1.67. The van der Waals surface area contributed by atoms with Crippen LogP contribution in [0.2, 0.25) is 0 Å². The summed E-state index contributed by atoms with van der Waals surface area (Å²) in [4.78, 5) is 0. The molecule has 0 fully saturated rings. The molecule has 0 saturated heterocycles. The van der Waals surface area contributed by atoms with Gasteiger partial charge in [-0.25, -0.2) is 0 Å². The normalized spacial score (nSPS) is 8.10. The van der Waals surface area contributed by atoms with Crippen LogP contribution in [0.5, 0.6) is 11.5 Å². The molecule has 10 heavy (non-hydrogen) atoms. The molecule has 1 radical (unpaired) electrons. The molecule has 1 rings (SSSR count). The summed E-state index contributed by atoms with van der Waals surface area (Å²) in [6.45, 7) is 0. The molecule has 0 atom stereocenters. The van der Waals surface area contributed by atoms with Crippen LogP contribution >= 0.6 is 0 Å². The Morgan fingerprint density at radius 3 is 2.30 bits per heavy atom. The zero-order valence-corrected chi connectivity index (χ0v) is 7.63. The molecule has 0 aliphatic carbocycles. The van der Waals surface area contributed by atoms with Gasteiger partial charge in [-0.05, 0) is 12.1 Å². The number of methoxy groups -OCH3 is 1. The second-order valence-corrected chi connectivity index (χ2v) is 1.67. The van der Waals surface area contributed by atoms with Gasteiger partial charge in [-0.15, -0.1) is 0 Å². The topological polar surface area (TPSA) is 29.5 Å². The van der Waals surface area contributed by atoms with Gasteiger partial charge in [0.2, 0.25) is 0 Å². The Kier molecular flexibility index (Phi) is 4.19. The van der Waals surface area contributed by atoms with Crippen LogP contribution < -0.4 is 4.74 Å². The van der Waals surface area contributed by atoms with Gasteiger partial charge in [-0.2, -0.15) is 0 Å². The molecule has 0 unspecified atom stereocenters. The van der Waals surface area contributed by atoms with Gasteiger partial charge in [0.1, 0.15) is 0 Å². The molecular weight excluding hydrogens is 313 g/mol. The van der Waals surface area contributed by atoms with Crippen LogP contribution in [0, 0.1) is 0 Å². The first-order valence-corrected chi connectivity index (χ1v) is 2.66. The summed E-state index contributed by atoms with van der Waals surface area (Å²) in [5, 5.41) is 8.99. The smallest absolute Gasteiger partial charge is 0.160 e. The van der Waals surface area contributed by atoms with Crippen molar-refractivity contribution < 1.29 is 32.2 Å². The second kappa shape index (κ2) is 4.39. The third kappa shape index (κ3) is 2.06. The van der Waals surface area contributed by atoms with Gasteiger partial charge in [0.05, 0.1) is 7.11 Å². The Morgan fingerprint density at radius 1 is 1.30 bits per heavy atom. The first-order chi connectivity index (χ1) is 4.34. The van der Waals surface area contributed by atoms with Crippen molar-refractivity contribution in [3.05, 3.63) is 24.3 Å². The van der Waals surface area contributed by atoms with Gasteiger partial charge < -0.3 is 9.84 Å². The fourth-order valence-corrected chi connectivity index (χ4v) is 0.630. The van der Waals surface area contributed by atoms with Gasteiger partial charge in [0.25, 0.3) is 0 Å². The number of phenolic OH excluding ortho intramolecular Hbond substituents is 1. The van der Waals surface area contributed by atoms with Crippen molar-refractivity contribution in [2.24, 2.45) is 0 Å². The van der Waals surface area contributed by atoms with Gasteiger partial charge in [0.15, 0.2) is 11.5 Å². The summed E-state index contributed by atoms with van der Waals surface area (Å²) >= 11 is 0. The van der Waals surface area contributed by atoms with E-state index in [1.54, 1.807) is 24.3 Å². The molecular formula is C7H8AuO2. The molecule has 59 valence electrons. The monoisotopic (exact) mass is 321 g/mol. The van der Waals surface area contributed by atoms with Crippen LogP contribution in [0.15, 0.2) is 24.3 Å². The summed E-state index contributed by atoms with van der Waals surface area (Å²) in [6, 6.07) is 6.84. The van der Waals surface area contributed by atoms with Crippen LogP contribution in [0.25, 0.3) is 0 Å². The molecule has 0 aliphatic heterocycles. The van der Waals surface area contributed by atoms with Crippen LogP contribution in [0.3, 0.4) is 0 Å². The molecule has 1 N–H and O–H groups in total. The maximum atomic E-state index is 8.99. The third-order valence-electron chi connectivity index (χ3n) is 1.09. The summed E-state index contributed by atoms with van der Waals surface area (Å²) in [6.07, 6.45) is 0. The van der Waals surface area contributed by atoms with E-state index in [0.717, 1.165) is 0 Å². The summed E-state index contributed by atoms with van der Waals surface area (Å²) in [7, 11) is 1.52. The molecule has 0 amide bonds. The summed E-state index contributed by atoms with van der Waals surface area (Å²) in [5.74, 6) is 0.692. The largest absolute Gasteiger partial charge is 0.504 e. The number of rotatable bonds is 1. The number of hydrogen-bond acceptors (Lipinski definition) is 2. The minimum Gasteiger partial charge on any atom is -0.504 e. The van der Waals surface area contributed by atoms with E-state index in [0.29, 0.717) is 5.75 Å². The Hall–Kier alpha value is -0.440. The van der Waals surface area contributed by atoms with Crippen molar-refractivity contribution in [1.29, 1.82) is 0 Å². The number of para-hydroxylation sites is 2. The van der Waals surface area contributed by atoms with Crippen molar-refractivity contribution in [2.45, 2.75) is 0 Å². The average molecular weight is 321 g/mol. The van der Waals surface area contributed by atoms with Crippen LogP contribution in [-0.4, -0.2) is 12.2 Å². The molecule has 3 heteroatoms. The zero-order chi connectivity index (χ0) is 6.69. The maximum Gasteiger partial charge on any atom is 0.160 e. The molecule has 1 aromatic rings. The summed E-state index contributed by atoms with van der Waals surface area (Å²) < 4.78 is 4.79. The first kappa shape index (κ1) is 9.56. The van der Waals surface area contributed by atoms with Gasteiger partial charge >= 0.3 is 0 Å². The van der Waals surface area contributed by atoms with Crippen molar-refractivity contribution in [3.63, 3.8) is 0 Å². The Balaban J connectivity index is 0.000000810. The van der Waals surface area contributed by atoms with Crippen molar-refractivity contribution in [2.75, 3.05) is 7.11 Å². The first-order valence-electron chi connectivity index (χ1n) is 2.66. The minimum atomic E-state index is 0. The van der Waals surface area contributed by atoms with E-state index < -0.39 is 0 Å². The van der Waals surface area contributed by atoms with Crippen LogP contribution in [0.1, 0.15) is 0 Å². The average Bonchev–Trinajstić information content (AvgIpc) is 1.89. The van der Waals surface area contributed by atoms with E-state index in [-0.39, 0.29) is 28.1 Å². The molecule has 0 aliphatic rings. The van der Waals surface area contributed by atoms with Crippen molar-refractivity contribution in [1.82, 2.24) is 0 Å². The predicted octanol–water partition coefficient (Wildman–Crippen LogP) is 1.40. The van der Waals surface area contributed by atoms with E-state index >= 15 is 0 Å². The van der Waals surface area contributed by atoms with E-state index in [1.165, 1.54) is 7.11 Å². The summed E-state index contributed by atoms with van der Waals surface area (Å²) in [5.41, 5.74) is 0. The third-order valence-corrected chi connectivity index (χ3v) is 1.09. The molecule has 0 heterocycles.